The van der Waals surface area contributed by atoms with E-state index in [1.807, 2.05) is 43.3 Å². The van der Waals surface area contributed by atoms with Crippen LogP contribution in [0.4, 0.5) is 0 Å². The number of hydrazone groups is 1. The number of hydrogen-bond donors (Lipinski definition) is 0. The van der Waals surface area contributed by atoms with Crippen molar-refractivity contribution in [2.75, 3.05) is 13.2 Å². The first-order chi connectivity index (χ1) is 16.2. The first-order valence-corrected chi connectivity index (χ1v) is 12.2. The van der Waals surface area contributed by atoms with Gasteiger partial charge in [0.15, 0.2) is 0 Å². The molecule has 5 rings (SSSR count). The lowest BCUT2D eigenvalue weighted by Crippen LogP contribution is -2.33. The van der Waals surface area contributed by atoms with Gasteiger partial charge in [-0.25, -0.2) is 5.01 Å². The van der Waals surface area contributed by atoms with Gasteiger partial charge in [0.05, 0.1) is 25.0 Å². The monoisotopic (exact) mass is 506 g/mol. The van der Waals surface area contributed by atoms with Crippen LogP contribution in [0.1, 0.15) is 55.6 Å². The van der Waals surface area contributed by atoms with E-state index in [1.165, 1.54) is 0 Å². The number of benzene rings is 3. The third-order valence-corrected chi connectivity index (χ3v) is 6.38. The SMILES string of the molecule is CCCOc1ccc([C@H]2Oc3ccc(Br)cc3[C@@H]3CC(c4ccc(OCC)cc4)=NN23)cc1. The summed E-state index contributed by atoms with van der Waals surface area (Å²) < 4.78 is 18.9. The van der Waals surface area contributed by atoms with E-state index in [0.717, 1.165) is 57.0 Å². The lowest BCUT2D eigenvalue weighted by Gasteiger charge is -2.38. The first-order valence-electron chi connectivity index (χ1n) is 11.4. The molecule has 6 heteroatoms. The molecule has 2 atom stereocenters. The molecule has 3 aromatic rings. The average Bonchev–Trinajstić information content (AvgIpc) is 3.29. The Labute approximate surface area is 203 Å². The van der Waals surface area contributed by atoms with Crippen LogP contribution in [0, 0.1) is 0 Å². The largest absolute Gasteiger partial charge is 0.494 e. The van der Waals surface area contributed by atoms with Crippen molar-refractivity contribution in [1.29, 1.82) is 0 Å². The molecule has 5 nitrogen and oxygen atoms in total. The zero-order chi connectivity index (χ0) is 22.8. The molecule has 0 unspecified atom stereocenters. The molecule has 0 fully saturated rings. The summed E-state index contributed by atoms with van der Waals surface area (Å²) in [4.78, 5) is 0. The molecule has 0 radical (unpaired) electrons. The van der Waals surface area contributed by atoms with Gasteiger partial charge >= 0.3 is 0 Å². The summed E-state index contributed by atoms with van der Waals surface area (Å²) in [7, 11) is 0. The lowest BCUT2D eigenvalue weighted by atomic mass is 9.96. The smallest absolute Gasteiger partial charge is 0.213 e. The molecule has 170 valence electrons. The van der Waals surface area contributed by atoms with Crippen LogP contribution in [-0.4, -0.2) is 23.9 Å². The maximum atomic E-state index is 6.48. The quantitative estimate of drug-likeness (QED) is 0.350. The molecule has 0 saturated carbocycles. The Morgan fingerprint density at radius 1 is 0.970 bits per heavy atom. The highest BCUT2D eigenvalue weighted by atomic mass is 79.9. The van der Waals surface area contributed by atoms with Gasteiger partial charge in [0.2, 0.25) is 6.23 Å². The van der Waals surface area contributed by atoms with E-state index >= 15 is 0 Å². The van der Waals surface area contributed by atoms with Crippen LogP contribution in [0.3, 0.4) is 0 Å². The fourth-order valence-electron chi connectivity index (χ4n) is 4.31. The summed E-state index contributed by atoms with van der Waals surface area (Å²) in [5.74, 6) is 2.65. The normalized spacial score (nSPS) is 18.8. The van der Waals surface area contributed by atoms with E-state index in [0.29, 0.717) is 13.2 Å². The van der Waals surface area contributed by atoms with Crippen molar-refractivity contribution >= 4 is 21.6 Å². The second kappa shape index (κ2) is 9.48. The van der Waals surface area contributed by atoms with Crippen LogP contribution in [-0.2, 0) is 0 Å². The van der Waals surface area contributed by atoms with Crippen LogP contribution in [0.2, 0.25) is 0 Å². The van der Waals surface area contributed by atoms with Gasteiger partial charge < -0.3 is 14.2 Å². The number of halogens is 1. The summed E-state index contributed by atoms with van der Waals surface area (Å²) >= 11 is 3.62. The highest BCUT2D eigenvalue weighted by molar-refractivity contribution is 9.10. The van der Waals surface area contributed by atoms with Crippen LogP contribution < -0.4 is 14.2 Å². The summed E-state index contributed by atoms with van der Waals surface area (Å²) in [6, 6.07) is 22.6. The number of nitrogens with zero attached hydrogens (tertiary/aromatic N) is 2. The van der Waals surface area contributed by atoms with Crippen molar-refractivity contribution in [3.05, 3.63) is 87.9 Å². The van der Waals surface area contributed by atoms with Crippen LogP contribution >= 0.6 is 15.9 Å². The highest BCUT2D eigenvalue weighted by Gasteiger charge is 2.41. The maximum Gasteiger partial charge on any atom is 0.213 e. The fourth-order valence-corrected chi connectivity index (χ4v) is 4.69. The third-order valence-electron chi connectivity index (χ3n) is 5.89. The maximum absolute atomic E-state index is 6.48. The summed E-state index contributed by atoms with van der Waals surface area (Å²) in [6.07, 6.45) is 1.50. The summed E-state index contributed by atoms with van der Waals surface area (Å²) in [5, 5.41) is 7.15. The number of ether oxygens (including phenoxy) is 3. The Hall–Kier alpha value is -2.99. The zero-order valence-corrected chi connectivity index (χ0v) is 20.4. The Morgan fingerprint density at radius 2 is 1.70 bits per heavy atom. The summed E-state index contributed by atoms with van der Waals surface area (Å²) in [5.41, 5.74) is 4.35. The van der Waals surface area contributed by atoms with Crippen molar-refractivity contribution in [1.82, 2.24) is 5.01 Å². The van der Waals surface area contributed by atoms with Gasteiger partial charge in [-0.05, 0) is 85.6 Å². The third kappa shape index (κ3) is 4.44. The van der Waals surface area contributed by atoms with E-state index in [1.54, 1.807) is 0 Å². The van der Waals surface area contributed by atoms with E-state index in [9.17, 15) is 0 Å². The molecule has 0 aromatic heterocycles. The van der Waals surface area contributed by atoms with Gasteiger partial charge in [0, 0.05) is 22.0 Å². The molecular weight excluding hydrogens is 480 g/mol. The Morgan fingerprint density at radius 3 is 2.42 bits per heavy atom. The molecule has 2 heterocycles. The number of hydrogen-bond acceptors (Lipinski definition) is 5. The van der Waals surface area contributed by atoms with Crippen molar-refractivity contribution in [3.63, 3.8) is 0 Å². The second-order valence-electron chi connectivity index (χ2n) is 8.17. The van der Waals surface area contributed by atoms with Crippen LogP contribution in [0.15, 0.2) is 76.3 Å². The Bertz CT molecular complexity index is 1150. The molecule has 0 amide bonds. The van der Waals surface area contributed by atoms with Gasteiger partial charge in [-0.15, -0.1) is 0 Å². The minimum atomic E-state index is -0.302. The minimum Gasteiger partial charge on any atom is -0.494 e. The Balaban J connectivity index is 1.48. The average molecular weight is 507 g/mol. The van der Waals surface area contributed by atoms with Gasteiger partial charge in [-0.1, -0.05) is 22.9 Å². The summed E-state index contributed by atoms with van der Waals surface area (Å²) in [6.45, 7) is 5.47. The Kier molecular flexibility index (Phi) is 6.27. The molecule has 0 N–H and O–H groups in total. The van der Waals surface area contributed by atoms with Gasteiger partial charge in [-0.2, -0.15) is 5.10 Å². The molecule has 0 aliphatic carbocycles. The van der Waals surface area contributed by atoms with E-state index in [-0.39, 0.29) is 12.3 Å². The second-order valence-corrected chi connectivity index (χ2v) is 9.09. The van der Waals surface area contributed by atoms with E-state index in [2.05, 4.69) is 58.2 Å². The molecule has 0 saturated heterocycles. The van der Waals surface area contributed by atoms with Crippen molar-refractivity contribution in [3.8, 4) is 17.2 Å². The van der Waals surface area contributed by atoms with Crippen molar-refractivity contribution in [2.24, 2.45) is 5.10 Å². The van der Waals surface area contributed by atoms with E-state index in [4.69, 9.17) is 19.3 Å². The van der Waals surface area contributed by atoms with Gasteiger partial charge in [0.1, 0.15) is 17.2 Å². The molecular formula is C27H27BrN2O3. The first kappa shape index (κ1) is 21.8. The molecule has 3 aromatic carbocycles. The molecule has 2 aliphatic rings. The predicted octanol–water partition coefficient (Wildman–Crippen LogP) is 6.88. The topological polar surface area (TPSA) is 43.3 Å². The van der Waals surface area contributed by atoms with Crippen LogP contribution in [0.5, 0.6) is 17.2 Å². The van der Waals surface area contributed by atoms with Crippen molar-refractivity contribution < 1.29 is 14.2 Å². The standard InChI is InChI=1S/C27H27BrN2O3/c1-3-15-32-22-12-7-19(8-13-22)27-30-25(23-16-20(28)9-14-26(23)33-27)17-24(29-30)18-5-10-21(11-6-18)31-4-2/h5-14,16,25,27H,3-4,15,17H2,1-2H3/t25-,27+/m0/s1. The number of rotatable bonds is 7. The molecule has 2 aliphatic heterocycles. The minimum absolute atomic E-state index is 0.105. The van der Waals surface area contributed by atoms with Gasteiger partial charge in [-0.3, -0.25) is 0 Å². The lowest BCUT2D eigenvalue weighted by molar-refractivity contribution is -0.0191. The van der Waals surface area contributed by atoms with E-state index < -0.39 is 0 Å². The van der Waals surface area contributed by atoms with Crippen molar-refractivity contribution in [2.45, 2.75) is 39.0 Å². The van der Waals surface area contributed by atoms with Gasteiger partial charge in [0.25, 0.3) is 0 Å². The zero-order valence-electron chi connectivity index (χ0n) is 18.8. The fraction of sp³-hybridized carbons (Fsp3) is 0.296. The highest BCUT2D eigenvalue weighted by Crippen LogP contribution is 2.48. The molecule has 0 bridgehead atoms. The van der Waals surface area contributed by atoms with Crippen LogP contribution in [0.25, 0.3) is 0 Å². The molecule has 33 heavy (non-hydrogen) atoms. The molecule has 0 spiro atoms. The predicted molar refractivity (Wildman–Crippen MR) is 133 cm³/mol. The number of fused-ring (bicyclic) bond motifs is 3.